The first-order chi connectivity index (χ1) is 51.8. The number of hydrogen-bond donors (Lipinski definition) is 3. The minimum Gasteiger partial charge on any atom is -0.377 e. The maximum Gasteiger partial charge on any atom is 0.422 e. The first-order valence-corrected chi connectivity index (χ1v) is 37.5. The van der Waals surface area contributed by atoms with Crippen LogP contribution in [-0.4, -0.2) is 287 Å². The second-order valence-corrected chi connectivity index (χ2v) is 29.9. The number of halogens is 5. The van der Waals surface area contributed by atoms with Crippen molar-refractivity contribution in [1.29, 1.82) is 0 Å². The normalized spacial score (nSPS) is 26.0. The molecule has 4 aliphatic heterocycles. The molecule has 35 heteroatoms. The lowest BCUT2D eigenvalue weighted by Crippen LogP contribution is -2.68. The molecule has 5 fully saturated rings. The van der Waals surface area contributed by atoms with Crippen LogP contribution in [0.15, 0.2) is 36.4 Å². The van der Waals surface area contributed by atoms with Crippen molar-refractivity contribution in [1.82, 2.24) is 65.1 Å². The number of aryl methyl sites for hydroxylation is 1. The van der Waals surface area contributed by atoms with Crippen LogP contribution >= 0.6 is 0 Å². The summed E-state index contributed by atoms with van der Waals surface area (Å²) < 4.78 is 78.1. The highest BCUT2D eigenvalue weighted by Gasteiger charge is 2.54. The van der Waals surface area contributed by atoms with E-state index in [0.29, 0.717) is 63.5 Å². The number of nitrogens with zero attached hydrogens (tertiary/aromatic N) is 10. The van der Waals surface area contributed by atoms with Crippen molar-refractivity contribution in [2.75, 3.05) is 89.2 Å². The van der Waals surface area contributed by atoms with Crippen LogP contribution in [0.5, 0.6) is 0 Å². The van der Waals surface area contributed by atoms with Gasteiger partial charge in [-0.2, -0.15) is 13.2 Å². The van der Waals surface area contributed by atoms with Gasteiger partial charge in [0.1, 0.15) is 71.1 Å². The number of nitrogens with one attached hydrogen (secondary N) is 3. The van der Waals surface area contributed by atoms with Gasteiger partial charge < -0.3 is 69.6 Å². The smallest absolute Gasteiger partial charge is 0.377 e. The zero-order valence-corrected chi connectivity index (χ0v) is 64.4. The third kappa shape index (κ3) is 19.0. The summed E-state index contributed by atoms with van der Waals surface area (Å²) in [6.45, 7) is 4.33. The van der Waals surface area contributed by atoms with Gasteiger partial charge in [-0.05, 0) is 113 Å². The van der Waals surface area contributed by atoms with Gasteiger partial charge in [0, 0.05) is 82.5 Å². The molecule has 0 aromatic heterocycles. The number of carbonyl (C=O) groups is 15. The highest BCUT2D eigenvalue weighted by atomic mass is 19.4. The number of hydroxylamine groups is 2. The van der Waals surface area contributed by atoms with Gasteiger partial charge >= 0.3 is 12.1 Å². The number of benzene rings is 2. The quantitative estimate of drug-likeness (QED) is 0.191. The molecule has 4 heterocycles. The molecule has 604 valence electrons. The average Bonchev–Trinajstić information content (AvgIpc) is 1.22. The minimum absolute atomic E-state index is 0.0210. The van der Waals surface area contributed by atoms with Crippen LogP contribution in [0.4, 0.5) is 22.0 Å². The summed E-state index contributed by atoms with van der Waals surface area (Å²) in [5.74, 6) is -19.1. The number of imide groups is 1. The highest BCUT2D eigenvalue weighted by molar-refractivity contribution is 6.21. The van der Waals surface area contributed by atoms with Gasteiger partial charge in [-0.3, -0.25) is 67.1 Å². The number of ether oxygens (including phenoxy) is 1. The molecular weight excluding hydrogens is 1450 g/mol. The SMILES string of the molecule is CCO[C@@H]1C[C@H]2C(=O)NC3(CCC3)C(=O)N(C)[C@@H](C3CCCC3)C(=O)N(C)[C@H](C(=O)N(C)C)CC(=O)N(C)[C@@H](CC)C(=O)N[C@@H]([C@@H](C)CC)C(=O)N(C)CC(=O)N(C)[C@H]3CCCCCN(C3=O)[C@@H](CC(=O)ON3C(=O)c4ccccc4C3=O)C(=O)N(C)CC(=O)N[C@@H](CCc3cc(F)c(C(F)(F)F)c(F)c3)C(=O)N2C1. The molecule has 3 saturated heterocycles. The van der Waals surface area contributed by atoms with Gasteiger partial charge in [-0.25, -0.2) is 13.6 Å². The maximum atomic E-state index is 15.5. The Labute approximate surface area is 635 Å². The number of alkyl halides is 3. The van der Waals surface area contributed by atoms with E-state index in [9.17, 15) is 56.3 Å². The van der Waals surface area contributed by atoms with Gasteiger partial charge in [-0.15, -0.1) is 0 Å². The van der Waals surface area contributed by atoms with Crippen LogP contribution in [0.25, 0.3) is 0 Å². The van der Waals surface area contributed by atoms with Crippen LogP contribution in [0.1, 0.15) is 169 Å². The Morgan fingerprint density at radius 3 is 1.84 bits per heavy atom. The van der Waals surface area contributed by atoms with Crippen molar-refractivity contribution in [3.05, 3.63) is 70.3 Å². The first kappa shape index (κ1) is 85.9. The summed E-state index contributed by atoms with van der Waals surface area (Å²) in [5.41, 5.74) is -4.59. The summed E-state index contributed by atoms with van der Waals surface area (Å²) in [6.07, 6.45) is -5.87. The van der Waals surface area contributed by atoms with E-state index in [1.54, 1.807) is 27.7 Å². The number of amides is 14. The van der Waals surface area contributed by atoms with Gasteiger partial charge in [0.05, 0.1) is 43.2 Å². The van der Waals surface area contributed by atoms with E-state index in [0.717, 1.165) is 41.3 Å². The first-order valence-electron chi connectivity index (χ1n) is 37.5. The molecule has 1 spiro atoms. The molecule has 2 aliphatic carbocycles. The van der Waals surface area contributed by atoms with Crippen LogP contribution in [0, 0.1) is 23.5 Å². The summed E-state index contributed by atoms with van der Waals surface area (Å²) in [7, 11) is 10.5. The Bertz CT molecular complexity index is 3810. The number of fused-ring (bicyclic) bond motifs is 4. The molecule has 8 rings (SSSR count). The molecule has 3 N–H and O–H groups in total. The average molecular weight is 1550 g/mol. The largest absolute Gasteiger partial charge is 0.422 e. The van der Waals surface area contributed by atoms with Crippen molar-refractivity contribution in [2.24, 2.45) is 11.8 Å². The molecule has 2 saturated carbocycles. The van der Waals surface area contributed by atoms with Crippen molar-refractivity contribution in [3.8, 4) is 0 Å². The fourth-order valence-electron chi connectivity index (χ4n) is 15.6. The molecule has 2 aromatic rings. The van der Waals surface area contributed by atoms with Gasteiger partial charge in [0.25, 0.3) is 11.8 Å². The van der Waals surface area contributed by atoms with Crippen LogP contribution in [-0.2, 0) is 84.5 Å². The van der Waals surface area contributed by atoms with Gasteiger partial charge in [0.2, 0.25) is 70.9 Å². The Morgan fingerprint density at radius 2 is 1.27 bits per heavy atom. The van der Waals surface area contributed by atoms with Crippen molar-refractivity contribution >= 4 is 88.7 Å². The molecule has 110 heavy (non-hydrogen) atoms. The predicted molar refractivity (Wildman–Crippen MR) is 382 cm³/mol. The van der Waals surface area contributed by atoms with E-state index in [-0.39, 0.29) is 74.4 Å². The van der Waals surface area contributed by atoms with Crippen molar-refractivity contribution in [2.45, 2.75) is 209 Å². The zero-order chi connectivity index (χ0) is 81.3. The summed E-state index contributed by atoms with van der Waals surface area (Å²) in [6, 6.07) is -5.92. The monoisotopic (exact) mass is 1550 g/mol. The second-order valence-electron chi connectivity index (χ2n) is 29.9. The van der Waals surface area contributed by atoms with E-state index in [4.69, 9.17) is 9.57 Å². The third-order valence-corrected chi connectivity index (χ3v) is 22.3. The van der Waals surface area contributed by atoms with E-state index in [1.165, 1.54) is 83.4 Å². The topological polar surface area (TPSA) is 343 Å². The van der Waals surface area contributed by atoms with Gasteiger partial charge in [0.15, 0.2) is 0 Å². The lowest BCUT2D eigenvalue weighted by Gasteiger charge is -2.46. The Balaban J connectivity index is 1.21. The number of rotatable bonds is 13. The Kier molecular flexibility index (Phi) is 28.4. The van der Waals surface area contributed by atoms with E-state index < -0.39 is 228 Å². The molecule has 30 nitrogen and oxygen atoms in total. The molecule has 0 unspecified atom stereocenters. The summed E-state index contributed by atoms with van der Waals surface area (Å²) in [4.78, 5) is 236. The summed E-state index contributed by atoms with van der Waals surface area (Å²) in [5, 5.41) is 8.36. The molecule has 2 aromatic carbocycles. The standard InChI is InChI=1S/C75H102F5N13O17/c1-13-42(4)61-71(106)86(8)41-58(96)88(10)52-28-17-16-22-33-91(70(52)105)55(38-59(97)110-93-65(100)46-26-20-21-27-47(46)66(93)101)69(104)85(7)40-56(94)81-50(30-29-43-34-48(76)60(49(77)35-43)75(78,79)80)67(102)92-39-45(109-15-3)36-53(92)64(99)83-74(31-23-32-74)73(108)90(12)62(44-24-18-19-25-44)72(107)89(11)54(68(103)84(5)6)37-57(95)87(9)51(14-2)63(98)82-61/h20-21,26-27,34-35,42,44-45,50-55,61-62H,13-19,22-25,28-33,36-41H2,1-12H3,(H,81,94)(H,82,98)(H,83,99)/t42-,45+,50-,51-,52-,53-,54-,55-,61-,62-/m0/s1. The lowest BCUT2D eigenvalue weighted by atomic mass is 9.74. The number of likely N-dealkylation sites (N-methyl/N-ethyl adjacent to an activating group) is 7. The third-order valence-electron chi connectivity index (χ3n) is 22.3. The Morgan fingerprint density at radius 1 is 0.664 bits per heavy atom. The molecular formula is C75H102F5N13O17. The summed E-state index contributed by atoms with van der Waals surface area (Å²) >= 11 is 0. The molecule has 14 amide bonds. The second kappa shape index (κ2) is 36.4. The molecule has 2 bridgehead atoms. The van der Waals surface area contributed by atoms with Crippen LogP contribution in [0.2, 0.25) is 0 Å². The van der Waals surface area contributed by atoms with E-state index in [1.807, 2.05) is 0 Å². The fraction of sp³-hybridized carbons (Fsp3) is 0.640. The Hall–Kier alpha value is -9.70. The van der Waals surface area contributed by atoms with E-state index in [2.05, 4.69) is 16.0 Å². The van der Waals surface area contributed by atoms with Crippen LogP contribution < -0.4 is 16.0 Å². The zero-order valence-electron chi connectivity index (χ0n) is 64.4. The molecule has 0 radical (unpaired) electrons. The predicted octanol–water partition coefficient (Wildman–Crippen LogP) is 3.21. The molecule has 6 aliphatic rings. The number of carbonyl (C=O) groups excluding carboxylic acids is 15. The minimum atomic E-state index is -5.47. The maximum absolute atomic E-state index is 15.5. The lowest BCUT2D eigenvalue weighted by molar-refractivity contribution is -0.172. The van der Waals surface area contributed by atoms with E-state index >= 15 is 37.5 Å². The molecule has 10 atom stereocenters. The van der Waals surface area contributed by atoms with Crippen molar-refractivity contribution < 1.29 is 103 Å². The number of hydrogen-bond acceptors (Lipinski definition) is 17. The van der Waals surface area contributed by atoms with Crippen LogP contribution in [0.3, 0.4) is 0 Å². The van der Waals surface area contributed by atoms with Crippen molar-refractivity contribution in [3.63, 3.8) is 0 Å². The fourth-order valence-corrected chi connectivity index (χ4v) is 15.6. The van der Waals surface area contributed by atoms with Gasteiger partial charge in [-0.1, -0.05) is 70.1 Å². The highest BCUT2D eigenvalue weighted by Crippen LogP contribution is 2.40.